The minimum atomic E-state index is -3.72. The molecule has 0 spiro atoms. The quantitative estimate of drug-likeness (QED) is 0.797. The maximum atomic E-state index is 11.4. The molecule has 6 nitrogen and oxygen atoms in total. The van der Waals surface area contributed by atoms with Crippen LogP contribution in [0.2, 0.25) is 0 Å². The molecule has 0 aliphatic carbocycles. The summed E-state index contributed by atoms with van der Waals surface area (Å²) in [4.78, 5) is 11.4. The van der Waals surface area contributed by atoms with Gasteiger partial charge < -0.3 is 10.1 Å². The van der Waals surface area contributed by atoms with E-state index in [-0.39, 0.29) is 17.4 Å². The lowest BCUT2D eigenvalue weighted by Crippen LogP contribution is -2.29. The van der Waals surface area contributed by atoms with Crippen molar-refractivity contribution >= 4 is 15.9 Å². The van der Waals surface area contributed by atoms with Crippen LogP contribution in [0.3, 0.4) is 0 Å². The van der Waals surface area contributed by atoms with Gasteiger partial charge in [0.05, 0.1) is 4.90 Å². The monoisotopic (exact) mass is 286 g/mol. The summed E-state index contributed by atoms with van der Waals surface area (Å²) in [6.45, 7) is 4.15. The summed E-state index contributed by atoms with van der Waals surface area (Å²) < 4.78 is 27.6. The molecular formula is C12H18N2O4S. The molecule has 0 bridgehead atoms. The first-order chi connectivity index (χ1) is 8.84. The number of rotatable bonds is 6. The van der Waals surface area contributed by atoms with Crippen molar-refractivity contribution in [3.05, 3.63) is 23.8 Å². The van der Waals surface area contributed by atoms with E-state index in [1.54, 1.807) is 6.92 Å². The Kier molecular flexibility index (Phi) is 5.31. The predicted octanol–water partition coefficient (Wildman–Crippen LogP) is 0.547. The number of carbonyl (C=O) groups is 1. The molecule has 0 aliphatic heterocycles. The molecule has 1 aromatic carbocycles. The lowest BCUT2D eigenvalue weighted by molar-refractivity contribution is -0.123. The van der Waals surface area contributed by atoms with Crippen LogP contribution in [-0.2, 0) is 14.8 Å². The molecule has 0 fully saturated rings. The van der Waals surface area contributed by atoms with Gasteiger partial charge in [-0.3, -0.25) is 4.79 Å². The van der Waals surface area contributed by atoms with Crippen molar-refractivity contribution in [3.63, 3.8) is 0 Å². The summed E-state index contributed by atoms with van der Waals surface area (Å²) in [7, 11) is -3.72. The third kappa shape index (κ3) is 4.88. The lowest BCUT2D eigenvalue weighted by atomic mass is 10.2. The molecule has 0 unspecified atom stereocenters. The van der Waals surface area contributed by atoms with Crippen LogP contribution in [0.25, 0.3) is 0 Å². The largest absolute Gasteiger partial charge is 0.484 e. The van der Waals surface area contributed by atoms with E-state index in [2.05, 4.69) is 5.32 Å². The first-order valence-corrected chi connectivity index (χ1v) is 7.42. The van der Waals surface area contributed by atoms with Crippen molar-refractivity contribution in [1.82, 2.24) is 5.32 Å². The Morgan fingerprint density at radius 1 is 1.42 bits per heavy atom. The number of aryl methyl sites for hydroxylation is 1. The normalized spacial score (nSPS) is 11.1. The Balaban J connectivity index is 2.68. The van der Waals surface area contributed by atoms with Gasteiger partial charge in [-0.05, 0) is 37.1 Å². The third-order valence-electron chi connectivity index (χ3n) is 2.41. The van der Waals surface area contributed by atoms with Gasteiger partial charge in [-0.25, -0.2) is 13.6 Å². The second-order valence-electron chi connectivity index (χ2n) is 4.11. The van der Waals surface area contributed by atoms with Crippen LogP contribution in [0.15, 0.2) is 23.1 Å². The summed E-state index contributed by atoms with van der Waals surface area (Å²) in [5.74, 6) is 0.246. The molecule has 1 rings (SSSR count). The Morgan fingerprint density at radius 3 is 2.63 bits per heavy atom. The Bertz CT molecular complexity index is 555. The number of nitrogens with one attached hydrogen (secondary N) is 1. The zero-order valence-electron chi connectivity index (χ0n) is 11.0. The highest BCUT2D eigenvalue weighted by Crippen LogP contribution is 2.20. The predicted molar refractivity (Wildman–Crippen MR) is 71.3 cm³/mol. The van der Waals surface area contributed by atoms with Crippen LogP contribution in [-0.4, -0.2) is 27.5 Å². The Labute approximate surface area is 113 Å². The smallest absolute Gasteiger partial charge is 0.257 e. The van der Waals surface area contributed by atoms with Gasteiger partial charge in [0.1, 0.15) is 5.75 Å². The fourth-order valence-electron chi connectivity index (χ4n) is 1.42. The number of benzene rings is 1. The Morgan fingerprint density at radius 2 is 2.11 bits per heavy atom. The molecule has 1 amide bonds. The summed E-state index contributed by atoms with van der Waals surface area (Å²) in [5, 5.41) is 7.70. The highest BCUT2D eigenvalue weighted by Gasteiger charge is 2.10. The number of hydrogen-bond acceptors (Lipinski definition) is 4. The summed E-state index contributed by atoms with van der Waals surface area (Å²) in [6.07, 6.45) is 0.855. The highest BCUT2D eigenvalue weighted by atomic mass is 32.2. The number of amides is 1. The second-order valence-corrected chi connectivity index (χ2v) is 5.67. The number of sulfonamides is 1. The molecule has 1 aromatic rings. The van der Waals surface area contributed by atoms with Gasteiger partial charge in [-0.15, -0.1) is 0 Å². The Hall–Kier alpha value is -1.60. The van der Waals surface area contributed by atoms with Gasteiger partial charge in [0.15, 0.2) is 6.61 Å². The van der Waals surface area contributed by atoms with Crippen LogP contribution in [0.1, 0.15) is 18.9 Å². The molecule has 0 atom stereocenters. The van der Waals surface area contributed by atoms with Crippen LogP contribution >= 0.6 is 0 Å². The van der Waals surface area contributed by atoms with Crippen LogP contribution in [0, 0.1) is 6.92 Å². The maximum absolute atomic E-state index is 11.4. The molecule has 0 radical (unpaired) electrons. The van der Waals surface area contributed by atoms with Crippen LogP contribution in [0.4, 0.5) is 0 Å². The van der Waals surface area contributed by atoms with Gasteiger partial charge in [-0.2, -0.15) is 0 Å². The molecule has 7 heteroatoms. The van der Waals surface area contributed by atoms with Crippen LogP contribution < -0.4 is 15.2 Å². The SMILES string of the molecule is CCCNC(=O)COc1ccc(S(N)(=O)=O)cc1C. The van der Waals surface area contributed by atoms with Gasteiger partial charge in [0, 0.05) is 6.54 Å². The number of ether oxygens (including phenoxy) is 1. The minimum Gasteiger partial charge on any atom is -0.484 e. The van der Waals surface area contributed by atoms with E-state index in [4.69, 9.17) is 9.88 Å². The van der Waals surface area contributed by atoms with E-state index >= 15 is 0 Å². The lowest BCUT2D eigenvalue weighted by Gasteiger charge is -2.10. The molecule has 0 aromatic heterocycles. The summed E-state index contributed by atoms with van der Waals surface area (Å²) in [6, 6.07) is 4.25. The molecule has 0 saturated carbocycles. The molecule has 0 heterocycles. The van der Waals surface area contributed by atoms with Gasteiger partial charge in [-0.1, -0.05) is 6.92 Å². The van der Waals surface area contributed by atoms with Crippen molar-refractivity contribution in [2.75, 3.05) is 13.2 Å². The minimum absolute atomic E-state index is 0.0211. The third-order valence-corrected chi connectivity index (χ3v) is 3.32. The standard InChI is InChI=1S/C12H18N2O4S/c1-3-6-14-12(15)8-18-11-5-4-10(7-9(11)2)19(13,16)17/h4-5,7H,3,6,8H2,1-2H3,(H,14,15)(H2,13,16,17). The van der Waals surface area contributed by atoms with Crippen molar-refractivity contribution in [2.24, 2.45) is 5.14 Å². The fourth-order valence-corrected chi connectivity index (χ4v) is 2.02. The average Bonchev–Trinajstić information content (AvgIpc) is 2.33. The van der Waals surface area contributed by atoms with Crippen molar-refractivity contribution in [1.29, 1.82) is 0 Å². The van der Waals surface area contributed by atoms with Gasteiger partial charge in [0.2, 0.25) is 10.0 Å². The molecule has 106 valence electrons. The fraction of sp³-hybridized carbons (Fsp3) is 0.417. The zero-order valence-corrected chi connectivity index (χ0v) is 11.8. The number of carbonyl (C=O) groups excluding carboxylic acids is 1. The van der Waals surface area contributed by atoms with Gasteiger partial charge in [0.25, 0.3) is 5.91 Å². The summed E-state index contributed by atoms with van der Waals surface area (Å²) >= 11 is 0. The molecule has 0 aliphatic rings. The molecule has 0 saturated heterocycles. The number of hydrogen-bond donors (Lipinski definition) is 2. The van der Waals surface area contributed by atoms with Crippen molar-refractivity contribution in [3.8, 4) is 5.75 Å². The number of primary sulfonamides is 1. The van der Waals surface area contributed by atoms with E-state index < -0.39 is 10.0 Å². The second kappa shape index (κ2) is 6.53. The van der Waals surface area contributed by atoms with E-state index in [9.17, 15) is 13.2 Å². The average molecular weight is 286 g/mol. The van der Waals surface area contributed by atoms with Crippen LogP contribution in [0.5, 0.6) is 5.75 Å². The van der Waals surface area contributed by atoms with E-state index in [1.807, 2.05) is 6.92 Å². The maximum Gasteiger partial charge on any atom is 0.257 e. The topological polar surface area (TPSA) is 98.5 Å². The van der Waals surface area contributed by atoms with Crippen molar-refractivity contribution < 1.29 is 17.9 Å². The zero-order chi connectivity index (χ0) is 14.5. The molecular weight excluding hydrogens is 268 g/mol. The molecule has 19 heavy (non-hydrogen) atoms. The van der Waals surface area contributed by atoms with E-state index in [0.29, 0.717) is 17.9 Å². The first kappa shape index (κ1) is 15.5. The van der Waals surface area contributed by atoms with E-state index in [0.717, 1.165) is 6.42 Å². The first-order valence-electron chi connectivity index (χ1n) is 5.87. The number of nitrogens with two attached hydrogens (primary N) is 1. The van der Waals surface area contributed by atoms with E-state index in [1.165, 1.54) is 18.2 Å². The highest BCUT2D eigenvalue weighted by molar-refractivity contribution is 7.89. The van der Waals surface area contributed by atoms with Gasteiger partial charge >= 0.3 is 0 Å². The van der Waals surface area contributed by atoms with Crippen molar-refractivity contribution in [2.45, 2.75) is 25.2 Å². The molecule has 3 N–H and O–H groups in total. The summed E-state index contributed by atoms with van der Waals surface area (Å²) in [5.41, 5.74) is 0.606.